The van der Waals surface area contributed by atoms with E-state index >= 15 is 0 Å². The second kappa shape index (κ2) is 3.20. The standard InChI is InChI=1S/C7H9N2O2S/c1-9(2)12(10,11)7-5-3-4-6-8-7/h3-4,6H,1-2H3. The first-order valence-electron chi connectivity index (χ1n) is 3.30. The van der Waals surface area contributed by atoms with Gasteiger partial charge in [0.25, 0.3) is 10.0 Å². The fraction of sp³-hybridized carbons (Fsp3) is 0.286. The van der Waals surface area contributed by atoms with Gasteiger partial charge < -0.3 is 0 Å². The Balaban J connectivity index is 3.17. The molecule has 0 spiro atoms. The van der Waals surface area contributed by atoms with Crippen molar-refractivity contribution in [3.05, 3.63) is 24.4 Å². The quantitative estimate of drug-likeness (QED) is 0.658. The van der Waals surface area contributed by atoms with Crippen molar-refractivity contribution in [2.24, 2.45) is 0 Å². The second-order valence-electron chi connectivity index (χ2n) is 2.37. The van der Waals surface area contributed by atoms with Gasteiger partial charge in [0.1, 0.15) is 0 Å². The first-order chi connectivity index (χ1) is 5.55. The first-order valence-corrected chi connectivity index (χ1v) is 4.74. The molecule has 12 heavy (non-hydrogen) atoms. The van der Waals surface area contributed by atoms with Crippen molar-refractivity contribution in [1.29, 1.82) is 0 Å². The molecule has 65 valence electrons. The Morgan fingerprint density at radius 2 is 2.17 bits per heavy atom. The molecule has 0 saturated carbocycles. The molecule has 0 aromatic carbocycles. The smallest absolute Gasteiger partial charge is 0.243 e. The predicted molar refractivity (Wildman–Crippen MR) is 43.9 cm³/mol. The molecule has 0 unspecified atom stereocenters. The molecule has 1 radical (unpaired) electrons. The monoisotopic (exact) mass is 185 g/mol. The Bertz CT molecular complexity index is 345. The molecule has 0 aliphatic heterocycles. The second-order valence-corrected chi connectivity index (χ2v) is 4.44. The number of nitrogens with zero attached hydrogens (tertiary/aromatic N) is 2. The molecule has 0 N–H and O–H groups in total. The van der Waals surface area contributed by atoms with E-state index in [0.29, 0.717) is 0 Å². The molecular weight excluding hydrogens is 176 g/mol. The lowest BCUT2D eigenvalue weighted by atomic mass is 10.5. The fourth-order valence-electron chi connectivity index (χ4n) is 0.624. The van der Waals surface area contributed by atoms with Gasteiger partial charge in [-0.15, -0.1) is 0 Å². The maximum Gasteiger partial charge on any atom is 0.260 e. The van der Waals surface area contributed by atoms with Crippen LogP contribution in [0.5, 0.6) is 0 Å². The largest absolute Gasteiger partial charge is 0.260 e. The van der Waals surface area contributed by atoms with E-state index in [2.05, 4.69) is 11.1 Å². The fourth-order valence-corrected chi connectivity index (χ4v) is 1.38. The molecule has 0 saturated heterocycles. The van der Waals surface area contributed by atoms with Crippen molar-refractivity contribution >= 4 is 10.0 Å². The minimum atomic E-state index is -3.41. The molecule has 1 rings (SSSR count). The van der Waals surface area contributed by atoms with Gasteiger partial charge in [0.2, 0.25) is 0 Å². The van der Waals surface area contributed by atoms with E-state index in [4.69, 9.17) is 0 Å². The van der Waals surface area contributed by atoms with E-state index in [0.717, 1.165) is 4.31 Å². The Hall–Kier alpha value is -0.940. The summed E-state index contributed by atoms with van der Waals surface area (Å²) in [7, 11) is -0.498. The summed E-state index contributed by atoms with van der Waals surface area (Å²) in [4.78, 5) is 3.69. The lowest BCUT2D eigenvalue weighted by Crippen LogP contribution is -2.23. The molecule has 1 aromatic heterocycles. The highest BCUT2D eigenvalue weighted by Gasteiger charge is 2.17. The number of aromatic nitrogens is 1. The van der Waals surface area contributed by atoms with Gasteiger partial charge >= 0.3 is 0 Å². The molecule has 0 atom stereocenters. The van der Waals surface area contributed by atoms with Crippen LogP contribution in [0, 0.1) is 6.07 Å². The first kappa shape index (κ1) is 9.15. The van der Waals surface area contributed by atoms with E-state index in [-0.39, 0.29) is 5.03 Å². The molecule has 0 aliphatic carbocycles. The summed E-state index contributed by atoms with van der Waals surface area (Å²) in [6.07, 6.45) is 1.42. The average molecular weight is 185 g/mol. The van der Waals surface area contributed by atoms with Gasteiger partial charge in [0, 0.05) is 26.4 Å². The molecular formula is C7H9N2O2S. The highest BCUT2D eigenvalue weighted by Crippen LogP contribution is 2.06. The van der Waals surface area contributed by atoms with Crippen LogP contribution in [0.1, 0.15) is 0 Å². The van der Waals surface area contributed by atoms with Crippen LogP contribution in [0.4, 0.5) is 0 Å². The summed E-state index contributed by atoms with van der Waals surface area (Å²) in [5.41, 5.74) is 0. The van der Waals surface area contributed by atoms with Gasteiger partial charge in [0.15, 0.2) is 5.03 Å². The van der Waals surface area contributed by atoms with Gasteiger partial charge in [-0.1, -0.05) is 0 Å². The number of pyridine rings is 1. The van der Waals surface area contributed by atoms with E-state index < -0.39 is 10.0 Å². The number of hydrogen-bond acceptors (Lipinski definition) is 3. The third-order valence-corrected chi connectivity index (χ3v) is 2.98. The molecule has 1 aromatic rings. The number of rotatable bonds is 2. The Kier molecular flexibility index (Phi) is 2.44. The van der Waals surface area contributed by atoms with Crippen molar-refractivity contribution in [3.8, 4) is 0 Å². The zero-order valence-electron chi connectivity index (χ0n) is 6.85. The van der Waals surface area contributed by atoms with Crippen molar-refractivity contribution in [3.63, 3.8) is 0 Å². The van der Waals surface area contributed by atoms with Crippen LogP contribution in [0.3, 0.4) is 0 Å². The zero-order valence-corrected chi connectivity index (χ0v) is 7.67. The minimum absolute atomic E-state index is 0.0463. The molecule has 0 amide bonds. The topological polar surface area (TPSA) is 50.3 Å². The average Bonchev–Trinajstić information content (AvgIpc) is 2.06. The van der Waals surface area contributed by atoms with Crippen LogP contribution in [0.15, 0.2) is 23.4 Å². The van der Waals surface area contributed by atoms with Crippen LogP contribution in [0.25, 0.3) is 0 Å². The van der Waals surface area contributed by atoms with Crippen LogP contribution in [-0.4, -0.2) is 31.8 Å². The predicted octanol–water partition coefficient (Wildman–Crippen LogP) is 0.132. The highest BCUT2D eigenvalue weighted by atomic mass is 32.2. The highest BCUT2D eigenvalue weighted by molar-refractivity contribution is 7.89. The number of sulfonamides is 1. The maximum absolute atomic E-state index is 11.4. The molecule has 0 bridgehead atoms. The van der Waals surface area contributed by atoms with Crippen LogP contribution >= 0.6 is 0 Å². The summed E-state index contributed by atoms with van der Waals surface area (Å²) >= 11 is 0. The summed E-state index contributed by atoms with van der Waals surface area (Å²) in [5.74, 6) is 0. The summed E-state index contributed by atoms with van der Waals surface area (Å²) < 4.78 is 23.8. The van der Waals surface area contributed by atoms with Gasteiger partial charge in [-0.25, -0.2) is 17.7 Å². The van der Waals surface area contributed by atoms with Crippen LogP contribution in [-0.2, 0) is 10.0 Å². The Morgan fingerprint density at radius 1 is 1.50 bits per heavy atom. The van der Waals surface area contributed by atoms with Crippen molar-refractivity contribution < 1.29 is 8.42 Å². The SMILES string of the molecule is CN(C)S(=O)(=O)c1[c]cccn1. The van der Waals surface area contributed by atoms with Gasteiger partial charge in [0.05, 0.1) is 0 Å². The summed E-state index contributed by atoms with van der Waals surface area (Å²) in [5, 5.41) is -0.0463. The lowest BCUT2D eigenvalue weighted by molar-refractivity contribution is 0.516. The molecule has 4 nitrogen and oxygen atoms in total. The van der Waals surface area contributed by atoms with E-state index in [9.17, 15) is 8.42 Å². The van der Waals surface area contributed by atoms with E-state index in [1.807, 2.05) is 0 Å². The van der Waals surface area contributed by atoms with Crippen LogP contribution < -0.4 is 0 Å². The van der Waals surface area contributed by atoms with E-state index in [1.54, 1.807) is 6.07 Å². The summed E-state index contributed by atoms with van der Waals surface area (Å²) in [6, 6.07) is 5.69. The Labute approximate surface area is 71.9 Å². The van der Waals surface area contributed by atoms with Crippen molar-refractivity contribution in [2.45, 2.75) is 5.03 Å². The molecule has 0 aliphatic rings. The van der Waals surface area contributed by atoms with Gasteiger partial charge in [-0.2, -0.15) is 0 Å². The molecule has 0 fully saturated rings. The lowest BCUT2D eigenvalue weighted by Gasteiger charge is -2.08. The normalized spacial score (nSPS) is 11.9. The van der Waals surface area contributed by atoms with Gasteiger partial charge in [-0.05, 0) is 12.1 Å². The van der Waals surface area contributed by atoms with E-state index in [1.165, 1.54) is 26.4 Å². The minimum Gasteiger partial charge on any atom is -0.243 e. The molecule has 1 heterocycles. The summed E-state index contributed by atoms with van der Waals surface area (Å²) in [6.45, 7) is 0. The van der Waals surface area contributed by atoms with Crippen LogP contribution in [0.2, 0.25) is 0 Å². The van der Waals surface area contributed by atoms with Crippen molar-refractivity contribution in [2.75, 3.05) is 14.1 Å². The third-order valence-electron chi connectivity index (χ3n) is 1.31. The van der Waals surface area contributed by atoms with Crippen molar-refractivity contribution in [1.82, 2.24) is 9.29 Å². The third kappa shape index (κ3) is 1.62. The maximum atomic E-state index is 11.4. The van der Waals surface area contributed by atoms with Gasteiger partial charge in [-0.3, -0.25) is 0 Å². The Morgan fingerprint density at radius 3 is 2.58 bits per heavy atom. The number of hydrogen-bond donors (Lipinski definition) is 0. The zero-order chi connectivity index (χ0) is 9.19. The molecule has 5 heteroatoms.